The Kier molecular flexibility index (Phi) is 3.79. The Labute approximate surface area is 131 Å². The summed E-state index contributed by atoms with van der Waals surface area (Å²) in [6.07, 6.45) is 3.67. The largest absolute Gasteiger partial charge is 0.347 e. The fraction of sp³-hybridized carbons (Fsp3) is 0.500. The first-order valence-corrected chi connectivity index (χ1v) is 9.17. The van der Waals surface area contributed by atoms with Crippen LogP contribution in [-0.4, -0.2) is 25.1 Å². The van der Waals surface area contributed by atoms with Gasteiger partial charge in [0.05, 0.1) is 0 Å². The van der Waals surface area contributed by atoms with E-state index >= 15 is 0 Å². The van der Waals surface area contributed by atoms with Gasteiger partial charge >= 0.3 is 0 Å². The number of nitrogens with one attached hydrogen (secondary N) is 1. The number of hydrogen-bond acceptors (Lipinski definition) is 3. The standard InChI is InChI=1S/C16H23N3O2S/c1-12-15(13-7-3-4-8-14(13)19(12)2)22(20,21)18-16(11-17)9-5-6-10-16/h3-4,7-8,18H,5-6,9-11,17H2,1-2H3. The van der Waals surface area contributed by atoms with Crippen molar-refractivity contribution in [2.45, 2.75) is 43.0 Å². The molecule has 5 nitrogen and oxygen atoms in total. The highest BCUT2D eigenvalue weighted by Crippen LogP contribution is 2.33. The molecule has 0 unspecified atom stereocenters. The van der Waals surface area contributed by atoms with Gasteiger partial charge in [0.1, 0.15) is 4.90 Å². The van der Waals surface area contributed by atoms with Crippen LogP contribution in [0.4, 0.5) is 0 Å². The number of aryl methyl sites for hydroxylation is 1. The number of fused-ring (bicyclic) bond motifs is 1. The zero-order valence-corrected chi connectivity index (χ0v) is 13.9. The molecule has 1 aliphatic carbocycles. The predicted molar refractivity (Wildman–Crippen MR) is 88.2 cm³/mol. The molecule has 22 heavy (non-hydrogen) atoms. The number of nitrogens with two attached hydrogens (primary N) is 1. The molecule has 120 valence electrons. The van der Waals surface area contributed by atoms with Gasteiger partial charge in [-0.05, 0) is 25.8 Å². The van der Waals surface area contributed by atoms with Gasteiger partial charge in [-0.2, -0.15) is 0 Å². The second kappa shape index (κ2) is 5.37. The van der Waals surface area contributed by atoms with Crippen molar-refractivity contribution in [3.8, 4) is 0 Å². The van der Waals surface area contributed by atoms with Crippen molar-refractivity contribution in [1.29, 1.82) is 0 Å². The molecule has 0 atom stereocenters. The maximum Gasteiger partial charge on any atom is 0.243 e. The third-order valence-corrected chi connectivity index (χ3v) is 6.67. The van der Waals surface area contributed by atoms with E-state index in [0.717, 1.165) is 42.3 Å². The van der Waals surface area contributed by atoms with E-state index < -0.39 is 15.6 Å². The SMILES string of the molecule is Cc1c(S(=O)(=O)NC2(CN)CCCC2)c2ccccc2n1C. The van der Waals surface area contributed by atoms with E-state index in [4.69, 9.17) is 5.73 Å². The van der Waals surface area contributed by atoms with Crippen molar-refractivity contribution in [2.75, 3.05) is 6.54 Å². The Morgan fingerprint density at radius 2 is 1.91 bits per heavy atom. The molecule has 0 amide bonds. The second-order valence-corrected chi connectivity index (χ2v) is 7.91. The molecule has 0 radical (unpaired) electrons. The normalized spacial score (nSPS) is 18.1. The molecular formula is C16H23N3O2S. The van der Waals surface area contributed by atoms with Crippen LogP contribution in [0.2, 0.25) is 0 Å². The highest BCUT2D eigenvalue weighted by Gasteiger charge is 2.38. The maximum absolute atomic E-state index is 13.0. The lowest BCUT2D eigenvalue weighted by molar-refractivity contribution is 0.399. The Balaban J connectivity index is 2.12. The van der Waals surface area contributed by atoms with Crippen LogP contribution in [0.1, 0.15) is 31.4 Å². The van der Waals surface area contributed by atoms with Crippen molar-refractivity contribution in [1.82, 2.24) is 9.29 Å². The zero-order valence-electron chi connectivity index (χ0n) is 13.1. The third-order valence-electron chi connectivity index (χ3n) is 4.91. The third kappa shape index (κ3) is 2.35. The van der Waals surface area contributed by atoms with E-state index in [9.17, 15) is 8.42 Å². The van der Waals surface area contributed by atoms with Gasteiger partial charge in [-0.15, -0.1) is 0 Å². The molecule has 3 rings (SSSR count). The first kappa shape index (κ1) is 15.5. The number of para-hydroxylation sites is 1. The first-order chi connectivity index (χ1) is 10.4. The molecular weight excluding hydrogens is 298 g/mol. The van der Waals surface area contributed by atoms with E-state index in [1.165, 1.54) is 0 Å². The number of nitrogens with zero attached hydrogens (tertiary/aromatic N) is 1. The molecule has 2 aromatic rings. The van der Waals surface area contributed by atoms with Crippen molar-refractivity contribution >= 4 is 20.9 Å². The molecule has 0 bridgehead atoms. The summed E-state index contributed by atoms with van der Waals surface area (Å²) in [5.74, 6) is 0. The van der Waals surface area contributed by atoms with Gasteiger partial charge in [-0.3, -0.25) is 0 Å². The van der Waals surface area contributed by atoms with Gasteiger partial charge < -0.3 is 10.3 Å². The quantitative estimate of drug-likeness (QED) is 0.904. The molecule has 1 fully saturated rings. The topological polar surface area (TPSA) is 77.1 Å². The Hall–Kier alpha value is -1.37. The molecule has 1 aromatic heterocycles. The lowest BCUT2D eigenvalue weighted by atomic mass is 10.0. The summed E-state index contributed by atoms with van der Waals surface area (Å²) in [5, 5.41) is 0.764. The average Bonchev–Trinajstić information content (AvgIpc) is 3.04. The van der Waals surface area contributed by atoms with Crippen LogP contribution in [0, 0.1) is 6.92 Å². The van der Waals surface area contributed by atoms with Crippen LogP contribution in [0.3, 0.4) is 0 Å². The van der Waals surface area contributed by atoms with Crippen molar-refractivity contribution in [2.24, 2.45) is 12.8 Å². The summed E-state index contributed by atoms with van der Waals surface area (Å²) >= 11 is 0. The van der Waals surface area contributed by atoms with E-state index in [0.29, 0.717) is 11.4 Å². The number of rotatable bonds is 4. The zero-order chi connectivity index (χ0) is 16.0. The summed E-state index contributed by atoms with van der Waals surface area (Å²) in [7, 11) is -1.71. The molecule has 0 aliphatic heterocycles. The highest BCUT2D eigenvalue weighted by molar-refractivity contribution is 7.89. The summed E-state index contributed by atoms with van der Waals surface area (Å²) in [6, 6.07) is 7.59. The van der Waals surface area contributed by atoms with Gasteiger partial charge in [0.25, 0.3) is 0 Å². The van der Waals surface area contributed by atoms with Gasteiger partial charge in [0, 0.05) is 35.7 Å². The molecule has 3 N–H and O–H groups in total. The van der Waals surface area contributed by atoms with Crippen molar-refractivity contribution in [3.05, 3.63) is 30.0 Å². The van der Waals surface area contributed by atoms with Crippen LogP contribution in [-0.2, 0) is 17.1 Å². The fourth-order valence-electron chi connectivity index (χ4n) is 3.56. The summed E-state index contributed by atoms with van der Waals surface area (Å²) < 4.78 is 30.9. The Morgan fingerprint density at radius 3 is 2.55 bits per heavy atom. The van der Waals surface area contributed by atoms with Crippen LogP contribution in [0.15, 0.2) is 29.2 Å². The fourth-order valence-corrected chi connectivity index (χ4v) is 5.51. The smallest absolute Gasteiger partial charge is 0.243 e. The molecule has 0 spiro atoms. The van der Waals surface area contributed by atoms with Crippen LogP contribution in [0.25, 0.3) is 10.9 Å². The van der Waals surface area contributed by atoms with Crippen molar-refractivity contribution < 1.29 is 8.42 Å². The highest BCUT2D eigenvalue weighted by atomic mass is 32.2. The minimum atomic E-state index is -3.60. The Morgan fingerprint density at radius 1 is 1.27 bits per heavy atom. The van der Waals surface area contributed by atoms with E-state index in [2.05, 4.69) is 4.72 Å². The minimum absolute atomic E-state index is 0.343. The van der Waals surface area contributed by atoms with Crippen LogP contribution < -0.4 is 10.5 Å². The second-order valence-electron chi connectivity index (χ2n) is 6.29. The number of benzene rings is 1. The monoisotopic (exact) mass is 321 g/mol. The van der Waals surface area contributed by atoms with Crippen molar-refractivity contribution in [3.63, 3.8) is 0 Å². The molecule has 1 aromatic carbocycles. The number of sulfonamides is 1. The molecule has 1 saturated carbocycles. The Bertz CT molecular complexity index is 802. The maximum atomic E-state index is 13.0. The number of hydrogen-bond donors (Lipinski definition) is 2. The number of aromatic nitrogens is 1. The lowest BCUT2D eigenvalue weighted by Gasteiger charge is -2.28. The van der Waals surface area contributed by atoms with Gasteiger partial charge in [-0.25, -0.2) is 13.1 Å². The predicted octanol–water partition coefficient (Wildman–Crippen LogP) is 2.04. The summed E-state index contributed by atoms with van der Waals surface area (Å²) in [4.78, 5) is 0.380. The minimum Gasteiger partial charge on any atom is -0.347 e. The van der Waals surface area contributed by atoms with Gasteiger partial charge in [0.2, 0.25) is 10.0 Å². The lowest BCUT2D eigenvalue weighted by Crippen LogP contribution is -2.51. The molecule has 6 heteroatoms. The van der Waals surface area contributed by atoms with E-state index in [1.54, 1.807) is 0 Å². The van der Waals surface area contributed by atoms with Crippen LogP contribution >= 0.6 is 0 Å². The summed E-state index contributed by atoms with van der Waals surface area (Å²) in [6.45, 7) is 2.19. The molecule has 1 aliphatic rings. The molecule has 0 saturated heterocycles. The average molecular weight is 321 g/mol. The summed E-state index contributed by atoms with van der Waals surface area (Å²) in [5.41, 5.74) is 7.07. The van der Waals surface area contributed by atoms with Gasteiger partial charge in [-0.1, -0.05) is 31.0 Å². The van der Waals surface area contributed by atoms with Crippen LogP contribution in [0.5, 0.6) is 0 Å². The van der Waals surface area contributed by atoms with E-state index in [1.807, 2.05) is 42.8 Å². The molecule has 1 heterocycles. The van der Waals surface area contributed by atoms with E-state index in [-0.39, 0.29) is 0 Å². The first-order valence-electron chi connectivity index (χ1n) is 7.68. The van der Waals surface area contributed by atoms with Gasteiger partial charge in [0.15, 0.2) is 0 Å².